The number of unbranched alkanes of at least 4 members (excludes halogenated alkanes) is 1. The number of hydrogen-bond acceptors (Lipinski definition) is 4. The molecule has 2 aliphatic rings. The maximum absolute atomic E-state index is 10.2. The van der Waals surface area contributed by atoms with E-state index in [1.165, 1.54) is 0 Å². The second kappa shape index (κ2) is 6.35. The van der Waals surface area contributed by atoms with E-state index >= 15 is 0 Å². The molecule has 0 aliphatic carbocycles. The monoisotopic (exact) mass is 370 g/mol. The van der Waals surface area contributed by atoms with E-state index in [4.69, 9.17) is 14.2 Å². The number of halogens is 1. The number of aliphatic hydroxyl groups is 1. The molecule has 0 aromatic carbocycles. The highest BCUT2D eigenvalue weighted by Gasteiger charge is 2.56. The van der Waals surface area contributed by atoms with E-state index in [1.807, 2.05) is 0 Å². The minimum atomic E-state index is -0.563. The van der Waals surface area contributed by atoms with Crippen LogP contribution in [0.15, 0.2) is 0 Å². The van der Waals surface area contributed by atoms with Crippen molar-refractivity contribution in [2.75, 3.05) is 4.43 Å². The average Bonchev–Trinajstić information content (AvgIpc) is 2.84. The minimum absolute atomic E-state index is 0.161. The zero-order valence-electron chi connectivity index (χ0n) is 11.1. The van der Waals surface area contributed by atoms with Gasteiger partial charge in [0.05, 0.1) is 6.10 Å². The van der Waals surface area contributed by atoms with Gasteiger partial charge >= 0.3 is 0 Å². The van der Waals surface area contributed by atoms with E-state index in [0.29, 0.717) is 0 Å². The van der Waals surface area contributed by atoms with Crippen LogP contribution >= 0.6 is 22.6 Å². The predicted octanol–water partition coefficient (Wildman–Crippen LogP) is 2.61. The fraction of sp³-hybridized carbons (Fsp3) is 1.00. The van der Waals surface area contributed by atoms with Crippen LogP contribution in [0.1, 0.15) is 46.0 Å². The number of rotatable bonds is 6. The number of fused-ring (bicyclic) bond motifs is 1. The Balaban J connectivity index is 2.01. The first-order valence-corrected chi connectivity index (χ1v) is 8.43. The second-order valence-corrected chi connectivity index (χ2v) is 6.03. The van der Waals surface area contributed by atoms with Gasteiger partial charge in [0, 0.05) is 17.3 Å². The molecule has 5 atom stereocenters. The number of ether oxygens (including phenoxy) is 3. The molecular formula is C13H23IO4. The molecule has 0 saturated carbocycles. The molecule has 2 heterocycles. The summed E-state index contributed by atoms with van der Waals surface area (Å²) in [6, 6.07) is 0. The Bertz CT molecular complexity index is 276. The van der Waals surface area contributed by atoms with Crippen LogP contribution < -0.4 is 0 Å². The summed E-state index contributed by atoms with van der Waals surface area (Å²) < 4.78 is 18.6. The van der Waals surface area contributed by atoms with Crippen molar-refractivity contribution in [3.8, 4) is 0 Å². The lowest BCUT2D eigenvalue weighted by atomic mass is 10.0. The summed E-state index contributed by atoms with van der Waals surface area (Å²) in [5, 5.41) is 10.2. The van der Waals surface area contributed by atoms with Gasteiger partial charge in [-0.15, -0.1) is 0 Å². The van der Waals surface area contributed by atoms with Gasteiger partial charge in [-0.2, -0.15) is 0 Å². The molecule has 2 saturated heterocycles. The van der Waals surface area contributed by atoms with E-state index in [-0.39, 0.29) is 18.5 Å². The highest BCUT2D eigenvalue weighted by atomic mass is 127. The molecule has 2 rings (SSSR count). The molecule has 18 heavy (non-hydrogen) atoms. The lowest BCUT2D eigenvalue weighted by molar-refractivity contribution is -0.238. The van der Waals surface area contributed by atoms with Gasteiger partial charge < -0.3 is 19.3 Å². The van der Waals surface area contributed by atoms with Crippen LogP contribution in [0.3, 0.4) is 0 Å². The summed E-state index contributed by atoms with van der Waals surface area (Å²) in [5.41, 5.74) is 0. The van der Waals surface area contributed by atoms with Gasteiger partial charge in [0.1, 0.15) is 12.2 Å². The predicted molar refractivity (Wildman–Crippen MR) is 76.7 cm³/mol. The molecule has 0 bridgehead atoms. The molecule has 1 N–H and O–H groups in total. The van der Waals surface area contributed by atoms with Gasteiger partial charge in [0.2, 0.25) is 0 Å². The van der Waals surface area contributed by atoms with Gasteiger partial charge in [0.25, 0.3) is 0 Å². The van der Waals surface area contributed by atoms with Gasteiger partial charge in [-0.25, -0.2) is 0 Å². The standard InChI is InChI=1S/C13H23IO4/c1-3-5-7-13(6-4-2)17-11-10(15)9(8-14)16-12(11)18-13/h9-12,15H,3-8H2,1-2H3/t9-,10+,11-,12-,13?/m1/s1. The topological polar surface area (TPSA) is 47.9 Å². The maximum atomic E-state index is 10.2. The Labute approximate surface area is 123 Å². The third kappa shape index (κ3) is 2.85. The Morgan fingerprint density at radius 2 is 1.94 bits per heavy atom. The summed E-state index contributed by atoms with van der Waals surface area (Å²) in [4.78, 5) is 0. The number of hydrogen-bond donors (Lipinski definition) is 1. The van der Waals surface area contributed by atoms with Crippen molar-refractivity contribution in [3.63, 3.8) is 0 Å². The maximum Gasteiger partial charge on any atom is 0.190 e. The second-order valence-electron chi connectivity index (χ2n) is 5.15. The van der Waals surface area contributed by atoms with Crippen molar-refractivity contribution in [3.05, 3.63) is 0 Å². The van der Waals surface area contributed by atoms with E-state index in [1.54, 1.807) is 0 Å². The van der Waals surface area contributed by atoms with Crippen LogP contribution in [0.4, 0.5) is 0 Å². The molecule has 4 nitrogen and oxygen atoms in total. The molecule has 0 radical (unpaired) electrons. The first-order valence-electron chi connectivity index (χ1n) is 6.91. The van der Waals surface area contributed by atoms with E-state index in [2.05, 4.69) is 36.4 Å². The largest absolute Gasteiger partial charge is 0.387 e. The minimum Gasteiger partial charge on any atom is -0.387 e. The zero-order chi connectivity index (χ0) is 13.2. The molecule has 1 unspecified atom stereocenters. The highest BCUT2D eigenvalue weighted by Crippen LogP contribution is 2.42. The van der Waals surface area contributed by atoms with Crippen LogP contribution in [0.2, 0.25) is 0 Å². The first kappa shape index (κ1) is 15.0. The quantitative estimate of drug-likeness (QED) is 0.577. The average molecular weight is 370 g/mol. The Hall–Kier alpha value is 0.570. The molecule has 0 aromatic heterocycles. The van der Waals surface area contributed by atoms with E-state index in [0.717, 1.165) is 36.5 Å². The van der Waals surface area contributed by atoms with Crippen LogP contribution in [0.5, 0.6) is 0 Å². The summed E-state index contributed by atoms with van der Waals surface area (Å²) in [5.74, 6) is -0.530. The summed E-state index contributed by atoms with van der Waals surface area (Å²) in [6.45, 7) is 4.28. The SMILES string of the molecule is CCCCC1(CCC)O[C@H]2O[C@H](CI)[C@H](O)[C@H]2O1. The number of alkyl halides is 1. The van der Waals surface area contributed by atoms with E-state index in [9.17, 15) is 5.11 Å². The molecular weight excluding hydrogens is 347 g/mol. The van der Waals surface area contributed by atoms with Crippen LogP contribution in [0, 0.1) is 0 Å². The van der Waals surface area contributed by atoms with Gasteiger partial charge in [0.15, 0.2) is 12.1 Å². The first-order chi connectivity index (χ1) is 8.65. The summed E-state index contributed by atoms with van der Waals surface area (Å²) >= 11 is 2.22. The van der Waals surface area contributed by atoms with Gasteiger partial charge in [-0.1, -0.05) is 49.3 Å². The number of aliphatic hydroxyl groups excluding tert-OH is 1. The lowest BCUT2D eigenvalue weighted by Crippen LogP contribution is -2.38. The van der Waals surface area contributed by atoms with Crippen molar-refractivity contribution in [1.29, 1.82) is 0 Å². The fourth-order valence-corrected chi connectivity index (χ4v) is 3.45. The van der Waals surface area contributed by atoms with Crippen molar-refractivity contribution in [1.82, 2.24) is 0 Å². The van der Waals surface area contributed by atoms with Crippen LogP contribution in [0.25, 0.3) is 0 Å². The Morgan fingerprint density at radius 3 is 2.50 bits per heavy atom. The van der Waals surface area contributed by atoms with Crippen molar-refractivity contribution in [2.24, 2.45) is 0 Å². The third-order valence-corrected chi connectivity index (χ3v) is 4.54. The highest BCUT2D eigenvalue weighted by molar-refractivity contribution is 14.1. The lowest BCUT2D eigenvalue weighted by Gasteiger charge is -2.30. The van der Waals surface area contributed by atoms with Gasteiger partial charge in [-0.05, 0) is 6.42 Å². The zero-order valence-corrected chi connectivity index (χ0v) is 13.3. The normalized spacial score (nSPS) is 43.3. The van der Waals surface area contributed by atoms with Crippen LogP contribution in [-0.4, -0.2) is 39.9 Å². The molecule has 5 heteroatoms. The van der Waals surface area contributed by atoms with Gasteiger partial charge in [-0.3, -0.25) is 0 Å². The van der Waals surface area contributed by atoms with Crippen molar-refractivity contribution >= 4 is 22.6 Å². The van der Waals surface area contributed by atoms with Crippen molar-refractivity contribution < 1.29 is 19.3 Å². The molecule has 106 valence electrons. The summed E-state index contributed by atoms with van der Waals surface area (Å²) in [7, 11) is 0. The molecule has 2 fully saturated rings. The van der Waals surface area contributed by atoms with E-state index < -0.39 is 11.9 Å². The fourth-order valence-electron chi connectivity index (χ4n) is 2.73. The molecule has 0 spiro atoms. The van der Waals surface area contributed by atoms with Crippen molar-refractivity contribution in [2.45, 2.75) is 76.3 Å². The Kier molecular flexibility index (Phi) is 5.28. The molecule has 2 aliphatic heterocycles. The molecule has 0 amide bonds. The third-order valence-electron chi connectivity index (χ3n) is 3.67. The summed E-state index contributed by atoms with van der Waals surface area (Å²) in [6.07, 6.45) is 3.53. The Morgan fingerprint density at radius 1 is 1.17 bits per heavy atom. The smallest absolute Gasteiger partial charge is 0.190 e. The molecule has 0 aromatic rings. The van der Waals surface area contributed by atoms with Crippen LogP contribution in [-0.2, 0) is 14.2 Å².